The number of nitrogens with zero attached hydrogens (tertiary/aromatic N) is 3. The zero-order chi connectivity index (χ0) is 13.5. The summed E-state index contributed by atoms with van der Waals surface area (Å²) in [5.74, 6) is 0.224. The van der Waals surface area contributed by atoms with Crippen molar-refractivity contribution >= 4 is 21.8 Å². The number of amides is 1. The van der Waals surface area contributed by atoms with Crippen molar-refractivity contribution in [2.45, 2.75) is 20.3 Å². The van der Waals surface area contributed by atoms with Crippen LogP contribution in [-0.4, -0.2) is 28.9 Å². The Kier molecular flexibility index (Phi) is 5.79. The van der Waals surface area contributed by atoms with Crippen LogP contribution < -0.4 is 0 Å². The monoisotopic (exact) mass is 309 g/mol. The molecule has 0 fully saturated rings. The van der Waals surface area contributed by atoms with Gasteiger partial charge in [0.05, 0.1) is 12.5 Å². The smallest absolute Gasteiger partial charge is 0.273 e. The number of hydrogen-bond acceptors (Lipinski definition) is 3. The minimum absolute atomic E-state index is 0.133. The standard InChI is InChI=1S/C13H16BrN3O/c1-10(2)9-17(8-4-6-15)13(18)12-11(14)5-3-7-16-12/h3,5,7,10H,4,8-9H2,1-2H3. The van der Waals surface area contributed by atoms with Crippen molar-refractivity contribution in [3.63, 3.8) is 0 Å². The summed E-state index contributed by atoms with van der Waals surface area (Å²) in [4.78, 5) is 18.1. The molecule has 5 heteroatoms. The van der Waals surface area contributed by atoms with Gasteiger partial charge in [-0.3, -0.25) is 4.79 Å². The molecule has 0 N–H and O–H groups in total. The van der Waals surface area contributed by atoms with Gasteiger partial charge in [0.1, 0.15) is 5.69 Å². The molecule has 0 radical (unpaired) electrons. The molecule has 4 nitrogen and oxygen atoms in total. The summed E-state index contributed by atoms with van der Waals surface area (Å²) in [5, 5.41) is 8.64. The fraction of sp³-hybridized carbons (Fsp3) is 0.462. The number of halogens is 1. The van der Waals surface area contributed by atoms with Gasteiger partial charge in [0.25, 0.3) is 5.91 Å². The Bertz CT molecular complexity index is 454. The third-order valence-electron chi connectivity index (χ3n) is 2.33. The Labute approximate surface area is 116 Å². The van der Waals surface area contributed by atoms with Crippen molar-refractivity contribution < 1.29 is 4.79 Å². The maximum atomic E-state index is 12.3. The van der Waals surface area contributed by atoms with Crippen LogP contribution in [-0.2, 0) is 0 Å². The van der Waals surface area contributed by atoms with Gasteiger partial charge in [0.15, 0.2) is 0 Å². The molecule has 1 amide bonds. The van der Waals surface area contributed by atoms with Gasteiger partial charge < -0.3 is 4.90 Å². The summed E-state index contributed by atoms with van der Waals surface area (Å²) < 4.78 is 0.681. The van der Waals surface area contributed by atoms with E-state index >= 15 is 0 Å². The van der Waals surface area contributed by atoms with E-state index in [-0.39, 0.29) is 5.91 Å². The first-order valence-electron chi connectivity index (χ1n) is 5.83. The van der Waals surface area contributed by atoms with Gasteiger partial charge in [-0.25, -0.2) is 4.98 Å². The molecule has 0 aliphatic rings. The van der Waals surface area contributed by atoms with Gasteiger partial charge in [-0.15, -0.1) is 0 Å². The van der Waals surface area contributed by atoms with Crippen LogP contribution in [0.5, 0.6) is 0 Å². The summed E-state index contributed by atoms with van der Waals surface area (Å²) in [5.41, 5.74) is 0.399. The third-order valence-corrected chi connectivity index (χ3v) is 2.97. The fourth-order valence-corrected chi connectivity index (χ4v) is 2.02. The molecule has 1 rings (SSSR count). The molecule has 1 aromatic rings. The first kappa shape index (κ1) is 14.7. The lowest BCUT2D eigenvalue weighted by atomic mass is 10.2. The van der Waals surface area contributed by atoms with Crippen molar-refractivity contribution in [1.29, 1.82) is 5.26 Å². The van der Waals surface area contributed by atoms with E-state index in [9.17, 15) is 4.79 Å². The van der Waals surface area contributed by atoms with E-state index in [4.69, 9.17) is 5.26 Å². The Morgan fingerprint density at radius 3 is 2.89 bits per heavy atom. The normalized spacial score (nSPS) is 10.2. The van der Waals surface area contributed by atoms with Crippen molar-refractivity contribution in [3.05, 3.63) is 28.5 Å². The Morgan fingerprint density at radius 1 is 1.61 bits per heavy atom. The zero-order valence-electron chi connectivity index (χ0n) is 10.6. The molecule has 0 aliphatic heterocycles. The first-order chi connectivity index (χ1) is 8.56. The Balaban J connectivity index is 2.88. The van der Waals surface area contributed by atoms with Crippen molar-refractivity contribution in [2.75, 3.05) is 13.1 Å². The van der Waals surface area contributed by atoms with E-state index in [0.29, 0.717) is 35.6 Å². The molecule has 0 bridgehead atoms. The van der Waals surface area contributed by atoms with E-state index < -0.39 is 0 Å². The van der Waals surface area contributed by atoms with Crippen LogP contribution in [0.15, 0.2) is 22.8 Å². The largest absolute Gasteiger partial charge is 0.336 e. The average Bonchev–Trinajstić information content (AvgIpc) is 2.34. The second-order valence-corrected chi connectivity index (χ2v) is 5.24. The number of nitriles is 1. The minimum Gasteiger partial charge on any atom is -0.336 e. The number of pyridine rings is 1. The van der Waals surface area contributed by atoms with Crippen LogP contribution in [0, 0.1) is 17.2 Å². The van der Waals surface area contributed by atoms with Gasteiger partial charge in [0, 0.05) is 23.8 Å². The predicted molar refractivity (Wildman–Crippen MR) is 72.9 cm³/mol. The van der Waals surface area contributed by atoms with E-state index in [1.807, 2.05) is 13.8 Å². The summed E-state index contributed by atoms with van der Waals surface area (Å²) in [6.45, 7) is 5.15. The molecule has 0 spiro atoms. The Hall–Kier alpha value is -1.41. The van der Waals surface area contributed by atoms with Crippen molar-refractivity contribution in [1.82, 2.24) is 9.88 Å². The number of carbonyl (C=O) groups excluding carboxylic acids is 1. The van der Waals surface area contributed by atoms with Crippen molar-refractivity contribution in [2.24, 2.45) is 5.92 Å². The number of carbonyl (C=O) groups is 1. The highest BCUT2D eigenvalue weighted by Crippen LogP contribution is 2.16. The molecule has 18 heavy (non-hydrogen) atoms. The molecule has 0 unspecified atom stereocenters. The summed E-state index contributed by atoms with van der Waals surface area (Å²) in [6, 6.07) is 5.62. The lowest BCUT2D eigenvalue weighted by Crippen LogP contribution is -2.35. The maximum Gasteiger partial charge on any atom is 0.273 e. The molecule has 0 aliphatic carbocycles. The van der Waals surface area contributed by atoms with Crippen molar-refractivity contribution in [3.8, 4) is 6.07 Å². The molecular weight excluding hydrogens is 294 g/mol. The topological polar surface area (TPSA) is 57.0 Å². The van der Waals surface area contributed by atoms with Gasteiger partial charge in [-0.05, 0) is 34.0 Å². The van der Waals surface area contributed by atoms with Gasteiger partial charge in [0.2, 0.25) is 0 Å². The molecule has 96 valence electrons. The van der Waals surface area contributed by atoms with Crippen LogP contribution >= 0.6 is 15.9 Å². The molecule has 1 aromatic heterocycles. The van der Waals surface area contributed by atoms with Gasteiger partial charge >= 0.3 is 0 Å². The number of aromatic nitrogens is 1. The second kappa shape index (κ2) is 7.12. The SMILES string of the molecule is CC(C)CN(CCC#N)C(=O)c1ncccc1Br. The number of rotatable bonds is 5. The van der Waals surface area contributed by atoms with Crippen LogP contribution in [0.1, 0.15) is 30.8 Å². The van der Waals surface area contributed by atoms with Crippen LogP contribution in [0.25, 0.3) is 0 Å². The summed E-state index contributed by atoms with van der Waals surface area (Å²) in [6.07, 6.45) is 1.93. The quantitative estimate of drug-likeness (QED) is 0.840. The molecule has 0 aromatic carbocycles. The van der Waals surface area contributed by atoms with E-state index in [2.05, 4.69) is 27.0 Å². The lowest BCUT2D eigenvalue weighted by molar-refractivity contribution is 0.0733. The van der Waals surface area contributed by atoms with E-state index in [1.54, 1.807) is 23.2 Å². The summed E-state index contributed by atoms with van der Waals surface area (Å²) in [7, 11) is 0. The molecule has 0 saturated carbocycles. The lowest BCUT2D eigenvalue weighted by Gasteiger charge is -2.23. The Morgan fingerprint density at radius 2 is 2.33 bits per heavy atom. The molecule has 0 saturated heterocycles. The van der Waals surface area contributed by atoms with Gasteiger partial charge in [-0.1, -0.05) is 13.8 Å². The highest BCUT2D eigenvalue weighted by Gasteiger charge is 2.19. The predicted octanol–water partition coefficient (Wildman–Crippen LogP) is 2.86. The van der Waals surface area contributed by atoms with E-state index in [1.165, 1.54) is 0 Å². The van der Waals surface area contributed by atoms with E-state index in [0.717, 1.165) is 0 Å². The molecular formula is C13H16BrN3O. The summed E-state index contributed by atoms with van der Waals surface area (Å²) >= 11 is 3.32. The highest BCUT2D eigenvalue weighted by atomic mass is 79.9. The van der Waals surface area contributed by atoms with Crippen LogP contribution in [0.4, 0.5) is 0 Å². The van der Waals surface area contributed by atoms with Crippen LogP contribution in [0.3, 0.4) is 0 Å². The third kappa shape index (κ3) is 4.11. The first-order valence-corrected chi connectivity index (χ1v) is 6.62. The molecule has 0 atom stereocenters. The van der Waals surface area contributed by atoms with Crippen LogP contribution in [0.2, 0.25) is 0 Å². The maximum absolute atomic E-state index is 12.3. The number of hydrogen-bond donors (Lipinski definition) is 0. The fourth-order valence-electron chi connectivity index (χ4n) is 1.59. The van der Waals surface area contributed by atoms with Gasteiger partial charge in [-0.2, -0.15) is 5.26 Å². The minimum atomic E-state index is -0.133. The highest BCUT2D eigenvalue weighted by molar-refractivity contribution is 9.10. The average molecular weight is 310 g/mol. The zero-order valence-corrected chi connectivity index (χ0v) is 12.1. The molecule has 1 heterocycles. The second-order valence-electron chi connectivity index (χ2n) is 4.39.